The van der Waals surface area contributed by atoms with E-state index >= 15 is 0 Å². The lowest BCUT2D eigenvalue weighted by atomic mass is 10.3. The Morgan fingerprint density at radius 3 is 3.08 bits per heavy atom. The summed E-state index contributed by atoms with van der Waals surface area (Å²) in [5.74, 6) is 2.31. The zero-order chi connectivity index (χ0) is 8.97. The molecule has 12 heavy (non-hydrogen) atoms. The summed E-state index contributed by atoms with van der Waals surface area (Å²) in [6.07, 6.45) is 5.25. The second-order valence-electron chi connectivity index (χ2n) is 2.75. The zero-order valence-electron chi connectivity index (χ0n) is 6.79. The van der Waals surface area contributed by atoms with E-state index in [1.54, 1.807) is 4.90 Å². The summed E-state index contributed by atoms with van der Waals surface area (Å²) in [6.45, 7) is 1.26. The number of hydrogen-bond donors (Lipinski definition) is 2. The molecule has 4 nitrogen and oxygen atoms in total. The van der Waals surface area contributed by atoms with Gasteiger partial charge in [0.2, 0.25) is 0 Å². The molecule has 0 aromatic heterocycles. The van der Waals surface area contributed by atoms with Gasteiger partial charge in [-0.1, -0.05) is 5.92 Å². The number of hydrogen-bond acceptors (Lipinski definition) is 2. The fraction of sp³-hybridized carbons (Fsp3) is 0.625. The minimum absolute atomic E-state index is 0.190. The highest BCUT2D eigenvalue weighted by molar-refractivity contribution is 5.74. The van der Waals surface area contributed by atoms with Crippen LogP contribution >= 0.6 is 0 Å². The van der Waals surface area contributed by atoms with E-state index in [9.17, 15) is 4.79 Å². The highest BCUT2D eigenvalue weighted by Gasteiger charge is 2.23. The number of urea groups is 1. The Morgan fingerprint density at radius 2 is 2.58 bits per heavy atom. The normalized spacial score (nSPS) is 22.0. The number of likely N-dealkylation sites (tertiary alicyclic amines) is 1. The fourth-order valence-corrected chi connectivity index (χ4v) is 1.16. The van der Waals surface area contributed by atoms with Gasteiger partial charge in [-0.25, -0.2) is 4.79 Å². The van der Waals surface area contributed by atoms with Gasteiger partial charge in [0.05, 0.1) is 12.6 Å². The van der Waals surface area contributed by atoms with Crippen LogP contribution in [-0.4, -0.2) is 41.8 Å². The minimum atomic E-state index is -0.374. The first-order valence-corrected chi connectivity index (χ1v) is 3.88. The lowest BCUT2D eigenvalue weighted by Crippen LogP contribution is -2.38. The molecule has 0 unspecified atom stereocenters. The van der Waals surface area contributed by atoms with Crippen molar-refractivity contribution in [2.45, 2.75) is 12.5 Å². The van der Waals surface area contributed by atoms with Gasteiger partial charge < -0.3 is 15.3 Å². The first-order chi connectivity index (χ1) is 5.74. The minimum Gasteiger partial charge on any atom is -0.391 e. The lowest BCUT2D eigenvalue weighted by molar-refractivity contribution is 0.172. The largest absolute Gasteiger partial charge is 0.391 e. The third kappa shape index (κ3) is 2.14. The van der Waals surface area contributed by atoms with Crippen LogP contribution in [0.5, 0.6) is 0 Å². The molecule has 0 radical (unpaired) electrons. The van der Waals surface area contributed by atoms with Crippen molar-refractivity contribution < 1.29 is 9.90 Å². The van der Waals surface area contributed by atoms with Crippen LogP contribution in [-0.2, 0) is 0 Å². The Balaban J connectivity index is 2.29. The molecule has 1 rings (SSSR count). The summed E-state index contributed by atoms with van der Waals surface area (Å²) < 4.78 is 0. The van der Waals surface area contributed by atoms with E-state index < -0.39 is 0 Å². The zero-order valence-corrected chi connectivity index (χ0v) is 6.79. The maximum absolute atomic E-state index is 11.2. The number of carbonyl (C=O) groups is 1. The molecule has 4 heteroatoms. The molecule has 0 aromatic carbocycles. The van der Waals surface area contributed by atoms with Gasteiger partial charge >= 0.3 is 6.03 Å². The van der Waals surface area contributed by atoms with Gasteiger partial charge in [0, 0.05) is 13.1 Å². The molecule has 0 aliphatic carbocycles. The predicted octanol–water partition coefficient (Wildman–Crippen LogP) is -0.604. The Hall–Kier alpha value is -1.21. The third-order valence-electron chi connectivity index (χ3n) is 1.79. The molecule has 1 atom stereocenters. The number of β-amino-alcohol motifs (C(OH)–C–C–N with tert-alkyl or cyclic N) is 1. The molecule has 0 spiro atoms. The van der Waals surface area contributed by atoms with E-state index in [0.717, 1.165) is 0 Å². The third-order valence-corrected chi connectivity index (χ3v) is 1.79. The lowest BCUT2D eigenvalue weighted by Gasteiger charge is -2.14. The summed E-state index contributed by atoms with van der Waals surface area (Å²) in [5, 5.41) is 11.6. The number of nitrogens with zero attached hydrogens (tertiary/aromatic N) is 1. The summed E-state index contributed by atoms with van der Waals surface area (Å²) in [4.78, 5) is 12.7. The Morgan fingerprint density at radius 1 is 1.83 bits per heavy atom. The van der Waals surface area contributed by atoms with Gasteiger partial charge in [-0.3, -0.25) is 0 Å². The molecular weight excluding hydrogens is 156 g/mol. The SMILES string of the molecule is C#CCNC(=O)N1CC[C@H](O)C1. The second-order valence-corrected chi connectivity index (χ2v) is 2.75. The monoisotopic (exact) mass is 168 g/mol. The summed E-state index contributed by atoms with van der Waals surface area (Å²) >= 11 is 0. The van der Waals surface area contributed by atoms with E-state index in [2.05, 4.69) is 11.2 Å². The molecule has 1 aliphatic rings. The summed E-state index contributed by atoms with van der Waals surface area (Å²) in [7, 11) is 0. The summed E-state index contributed by atoms with van der Waals surface area (Å²) in [5.41, 5.74) is 0. The second kappa shape index (κ2) is 3.98. The van der Waals surface area contributed by atoms with Gasteiger partial charge in [-0.2, -0.15) is 0 Å². The Labute approximate surface area is 71.6 Å². The number of terminal acetylenes is 1. The van der Waals surface area contributed by atoms with Crippen molar-refractivity contribution in [1.29, 1.82) is 0 Å². The van der Waals surface area contributed by atoms with E-state index in [4.69, 9.17) is 11.5 Å². The fourth-order valence-electron chi connectivity index (χ4n) is 1.16. The maximum atomic E-state index is 11.2. The first-order valence-electron chi connectivity index (χ1n) is 3.88. The molecule has 1 saturated heterocycles. The standard InChI is InChI=1S/C8H12N2O2/c1-2-4-9-8(12)10-5-3-7(11)6-10/h1,7,11H,3-6H2,(H,9,12)/t7-/m0/s1. The van der Waals surface area contributed by atoms with E-state index in [1.807, 2.05) is 0 Å². The van der Waals surface area contributed by atoms with Crippen LogP contribution in [0.4, 0.5) is 4.79 Å². The van der Waals surface area contributed by atoms with Crippen LogP contribution in [0.1, 0.15) is 6.42 Å². The van der Waals surface area contributed by atoms with Gasteiger partial charge in [-0.15, -0.1) is 6.42 Å². The molecule has 0 aromatic rings. The van der Waals surface area contributed by atoms with Crippen LogP contribution in [0.3, 0.4) is 0 Å². The number of rotatable bonds is 1. The molecular formula is C8H12N2O2. The smallest absolute Gasteiger partial charge is 0.318 e. The average Bonchev–Trinajstić information content (AvgIpc) is 2.47. The highest BCUT2D eigenvalue weighted by Crippen LogP contribution is 2.07. The van der Waals surface area contributed by atoms with Gasteiger partial charge in [0.1, 0.15) is 0 Å². The van der Waals surface area contributed by atoms with Crippen LogP contribution < -0.4 is 5.32 Å². The highest BCUT2D eigenvalue weighted by atomic mass is 16.3. The Kier molecular flexibility index (Phi) is 2.94. The van der Waals surface area contributed by atoms with E-state index in [0.29, 0.717) is 19.5 Å². The maximum Gasteiger partial charge on any atom is 0.318 e. The van der Waals surface area contributed by atoms with E-state index in [-0.39, 0.29) is 18.7 Å². The topological polar surface area (TPSA) is 52.6 Å². The van der Waals surface area contributed by atoms with Crippen LogP contribution in [0.15, 0.2) is 0 Å². The van der Waals surface area contributed by atoms with Crippen LogP contribution in [0.2, 0.25) is 0 Å². The quantitative estimate of drug-likeness (QED) is 0.513. The molecule has 1 fully saturated rings. The summed E-state index contributed by atoms with van der Waals surface area (Å²) in [6, 6.07) is -0.190. The number of aliphatic hydroxyl groups excluding tert-OH is 1. The first kappa shape index (κ1) is 8.88. The van der Waals surface area contributed by atoms with Crippen molar-refractivity contribution in [2.24, 2.45) is 0 Å². The van der Waals surface area contributed by atoms with Crippen molar-refractivity contribution in [3.8, 4) is 12.3 Å². The number of aliphatic hydroxyl groups is 1. The molecule has 66 valence electrons. The van der Waals surface area contributed by atoms with Crippen LogP contribution in [0.25, 0.3) is 0 Å². The van der Waals surface area contributed by atoms with Crippen molar-refractivity contribution in [3.63, 3.8) is 0 Å². The number of carbonyl (C=O) groups excluding carboxylic acids is 1. The van der Waals surface area contributed by atoms with Gasteiger partial charge in [-0.05, 0) is 6.42 Å². The van der Waals surface area contributed by atoms with Crippen molar-refractivity contribution in [2.75, 3.05) is 19.6 Å². The number of amides is 2. The molecule has 2 N–H and O–H groups in total. The van der Waals surface area contributed by atoms with Gasteiger partial charge in [0.15, 0.2) is 0 Å². The molecule has 1 heterocycles. The van der Waals surface area contributed by atoms with Crippen molar-refractivity contribution in [3.05, 3.63) is 0 Å². The molecule has 0 saturated carbocycles. The van der Waals surface area contributed by atoms with Crippen molar-refractivity contribution >= 4 is 6.03 Å². The van der Waals surface area contributed by atoms with E-state index in [1.165, 1.54) is 0 Å². The average molecular weight is 168 g/mol. The molecule has 1 aliphatic heterocycles. The molecule has 0 bridgehead atoms. The van der Waals surface area contributed by atoms with Crippen molar-refractivity contribution in [1.82, 2.24) is 10.2 Å². The van der Waals surface area contributed by atoms with Gasteiger partial charge in [0.25, 0.3) is 0 Å². The predicted molar refractivity (Wildman–Crippen MR) is 44.4 cm³/mol. The van der Waals surface area contributed by atoms with Crippen LogP contribution in [0, 0.1) is 12.3 Å². The Bertz CT molecular complexity index is 210. The molecule has 2 amide bonds. The number of nitrogens with one attached hydrogen (secondary N) is 1.